The second-order valence-electron chi connectivity index (χ2n) is 2.87. The first-order valence-electron chi connectivity index (χ1n) is 4.18. The lowest BCUT2D eigenvalue weighted by atomic mass is 10.2. The van der Waals surface area contributed by atoms with Gasteiger partial charge in [0, 0.05) is 17.1 Å². The molecule has 0 saturated heterocycles. The summed E-state index contributed by atoms with van der Waals surface area (Å²) >= 11 is 3.36. The first-order valence-corrected chi connectivity index (χ1v) is 5.31. The number of alkyl halides is 1. The molecule has 0 atom stereocenters. The molecule has 2 N–H and O–H groups in total. The maximum absolute atomic E-state index is 5.70. The number of allylic oxidation sites excluding steroid dienone is 1. The van der Waals surface area contributed by atoms with Crippen molar-refractivity contribution in [3.63, 3.8) is 0 Å². The maximum Gasteiger partial charge on any atom is 0.130 e. The van der Waals surface area contributed by atoms with E-state index in [4.69, 9.17) is 5.73 Å². The van der Waals surface area contributed by atoms with E-state index in [-0.39, 0.29) is 0 Å². The highest BCUT2D eigenvalue weighted by atomic mass is 79.9. The number of halogens is 1. The molecule has 0 amide bonds. The largest absolute Gasteiger partial charge is 0.383 e. The summed E-state index contributed by atoms with van der Waals surface area (Å²) in [6.45, 7) is 2.01. The Labute approximate surface area is 87.0 Å². The molecule has 0 aliphatic carbocycles. The zero-order chi connectivity index (χ0) is 9.68. The molecule has 70 valence electrons. The van der Waals surface area contributed by atoms with Crippen LogP contribution in [0.2, 0.25) is 0 Å². The van der Waals surface area contributed by atoms with Crippen molar-refractivity contribution in [1.29, 1.82) is 0 Å². The Morgan fingerprint density at radius 3 is 3.08 bits per heavy atom. The zero-order valence-electron chi connectivity index (χ0n) is 7.63. The summed E-state index contributed by atoms with van der Waals surface area (Å²) in [7, 11) is 0. The molecule has 1 aromatic heterocycles. The third-order valence-electron chi connectivity index (χ3n) is 1.66. The molecule has 13 heavy (non-hydrogen) atoms. The average Bonchev–Trinajstić information content (AvgIpc) is 2.11. The Hall–Kier alpha value is -0.830. The monoisotopic (exact) mass is 240 g/mol. The summed E-state index contributed by atoms with van der Waals surface area (Å²) in [5.41, 5.74) is 7.83. The van der Waals surface area contributed by atoms with Crippen LogP contribution in [-0.4, -0.2) is 10.3 Å². The minimum Gasteiger partial charge on any atom is -0.383 e. The number of anilines is 1. The second kappa shape index (κ2) is 5.02. The minimum atomic E-state index is 0.594. The fourth-order valence-electron chi connectivity index (χ4n) is 1.01. The van der Waals surface area contributed by atoms with Crippen LogP contribution in [0.15, 0.2) is 18.3 Å². The Morgan fingerprint density at radius 2 is 2.38 bits per heavy atom. The first kappa shape index (κ1) is 10.3. The number of hydrogen-bond donors (Lipinski definition) is 1. The number of nitrogen functional groups attached to an aromatic ring is 1. The number of nitrogens with two attached hydrogens (primary N) is 1. The third-order valence-corrected chi connectivity index (χ3v) is 2.12. The van der Waals surface area contributed by atoms with E-state index in [0.29, 0.717) is 5.82 Å². The summed E-state index contributed by atoms with van der Waals surface area (Å²) in [4.78, 5) is 4.07. The molecule has 0 unspecified atom stereocenters. The lowest BCUT2D eigenvalue weighted by Crippen LogP contribution is -1.93. The molecule has 3 heteroatoms. The van der Waals surface area contributed by atoms with Crippen molar-refractivity contribution < 1.29 is 0 Å². The van der Waals surface area contributed by atoms with E-state index < -0.39 is 0 Å². The Balaban J connectivity index is 2.81. The van der Waals surface area contributed by atoms with Gasteiger partial charge in [0.05, 0.1) is 0 Å². The molecule has 0 bridgehead atoms. The molecule has 0 fully saturated rings. The van der Waals surface area contributed by atoms with Crippen molar-refractivity contribution in [2.24, 2.45) is 0 Å². The van der Waals surface area contributed by atoms with Gasteiger partial charge in [0.1, 0.15) is 5.82 Å². The normalized spacial score (nSPS) is 10.9. The van der Waals surface area contributed by atoms with E-state index >= 15 is 0 Å². The van der Waals surface area contributed by atoms with E-state index in [1.807, 2.05) is 19.1 Å². The predicted octanol–water partition coefficient (Wildman–Crippen LogP) is 2.77. The van der Waals surface area contributed by atoms with Gasteiger partial charge in [0.2, 0.25) is 0 Å². The van der Waals surface area contributed by atoms with E-state index in [1.54, 1.807) is 6.20 Å². The highest BCUT2D eigenvalue weighted by molar-refractivity contribution is 9.09. The maximum atomic E-state index is 5.70. The summed E-state index contributed by atoms with van der Waals surface area (Å²) in [6.07, 6.45) is 6.88. The van der Waals surface area contributed by atoms with Gasteiger partial charge in [-0.3, -0.25) is 0 Å². The molecular formula is C10H13BrN2. The summed E-state index contributed by atoms with van der Waals surface area (Å²) in [5, 5.41) is 0.975. The molecule has 1 heterocycles. The van der Waals surface area contributed by atoms with Crippen LogP contribution in [-0.2, 0) is 0 Å². The Morgan fingerprint density at radius 1 is 1.62 bits per heavy atom. The van der Waals surface area contributed by atoms with Gasteiger partial charge >= 0.3 is 0 Å². The number of aryl methyl sites for hydroxylation is 1. The van der Waals surface area contributed by atoms with Gasteiger partial charge in [-0.15, -0.1) is 0 Å². The van der Waals surface area contributed by atoms with E-state index in [9.17, 15) is 0 Å². The Kier molecular flexibility index (Phi) is 3.96. The molecule has 1 aromatic rings. The summed E-state index contributed by atoms with van der Waals surface area (Å²) in [6, 6.07) is 2.03. The molecule has 2 nitrogen and oxygen atoms in total. The lowest BCUT2D eigenvalue weighted by Gasteiger charge is -1.99. The average molecular weight is 241 g/mol. The van der Waals surface area contributed by atoms with E-state index in [2.05, 4.69) is 27.0 Å². The number of rotatable bonds is 3. The Bertz CT molecular complexity index is 308. The SMILES string of the molecule is Cc1cnc(N)c(C=CCCBr)c1. The van der Waals surface area contributed by atoms with Crippen LogP contribution in [0.1, 0.15) is 17.5 Å². The minimum absolute atomic E-state index is 0.594. The van der Waals surface area contributed by atoms with Gasteiger partial charge < -0.3 is 5.73 Å². The van der Waals surface area contributed by atoms with Crippen LogP contribution in [0, 0.1) is 6.92 Å². The molecule has 0 spiro atoms. The third kappa shape index (κ3) is 3.19. The first-order chi connectivity index (χ1) is 6.24. The van der Waals surface area contributed by atoms with Crippen LogP contribution in [0.5, 0.6) is 0 Å². The number of pyridine rings is 1. The van der Waals surface area contributed by atoms with Crippen LogP contribution >= 0.6 is 15.9 Å². The van der Waals surface area contributed by atoms with Gasteiger partial charge in [-0.25, -0.2) is 4.98 Å². The van der Waals surface area contributed by atoms with E-state index in [0.717, 1.165) is 22.9 Å². The fraction of sp³-hybridized carbons (Fsp3) is 0.300. The number of aromatic nitrogens is 1. The molecule has 0 saturated carbocycles. The van der Waals surface area contributed by atoms with E-state index in [1.165, 1.54) is 0 Å². The smallest absolute Gasteiger partial charge is 0.130 e. The summed E-state index contributed by atoms with van der Waals surface area (Å²) in [5.74, 6) is 0.594. The fourth-order valence-corrected chi connectivity index (χ4v) is 1.27. The van der Waals surface area contributed by atoms with Crippen LogP contribution in [0.4, 0.5) is 5.82 Å². The van der Waals surface area contributed by atoms with Gasteiger partial charge in [-0.2, -0.15) is 0 Å². The van der Waals surface area contributed by atoms with Crippen LogP contribution in [0.3, 0.4) is 0 Å². The molecule has 0 aromatic carbocycles. The van der Waals surface area contributed by atoms with Crippen LogP contribution < -0.4 is 5.73 Å². The molecular weight excluding hydrogens is 228 g/mol. The number of nitrogens with zero attached hydrogens (tertiary/aromatic N) is 1. The van der Waals surface area contributed by atoms with Gasteiger partial charge in [-0.1, -0.05) is 28.1 Å². The van der Waals surface area contributed by atoms with Gasteiger partial charge in [0.25, 0.3) is 0 Å². The molecule has 1 rings (SSSR count). The molecule has 0 aliphatic heterocycles. The number of hydrogen-bond acceptors (Lipinski definition) is 2. The van der Waals surface area contributed by atoms with Crippen molar-refractivity contribution in [3.05, 3.63) is 29.5 Å². The lowest BCUT2D eigenvalue weighted by molar-refractivity contribution is 1.25. The van der Waals surface area contributed by atoms with Crippen molar-refractivity contribution in [1.82, 2.24) is 4.98 Å². The molecule has 0 radical (unpaired) electrons. The summed E-state index contributed by atoms with van der Waals surface area (Å²) < 4.78 is 0. The van der Waals surface area contributed by atoms with Crippen molar-refractivity contribution in [2.45, 2.75) is 13.3 Å². The molecule has 0 aliphatic rings. The van der Waals surface area contributed by atoms with Crippen LogP contribution in [0.25, 0.3) is 6.08 Å². The van der Waals surface area contributed by atoms with Gasteiger partial charge in [-0.05, 0) is 25.0 Å². The second-order valence-corrected chi connectivity index (χ2v) is 3.66. The highest BCUT2D eigenvalue weighted by Gasteiger charge is 1.95. The standard InChI is InChI=1S/C10H13BrN2/c1-8-6-9(4-2-3-5-11)10(12)13-7-8/h2,4,6-7H,3,5H2,1H3,(H2,12,13). The topological polar surface area (TPSA) is 38.9 Å². The van der Waals surface area contributed by atoms with Gasteiger partial charge in [0.15, 0.2) is 0 Å². The highest BCUT2D eigenvalue weighted by Crippen LogP contribution is 2.12. The van der Waals surface area contributed by atoms with Crippen molar-refractivity contribution in [3.8, 4) is 0 Å². The zero-order valence-corrected chi connectivity index (χ0v) is 9.21. The van der Waals surface area contributed by atoms with Crippen molar-refractivity contribution >= 4 is 27.8 Å². The quantitative estimate of drug-likeness (QED) is 0.826. The predicted molar refractivity (Wildman–Crippen MR) is 60.8 cm³/mol. The van der Waals surface area contributed by atoms with Crippen molar-refractivity contribution in [2.75, 3.05) is 11.1 Å².